The molecule has 4 N–H and O–H groups in total. The summed E-state index contributed by atoms with van der Waals surface area (Å²) in [6.45, 7) is 9.91. The first-order chi connectivity index (χ1) is 18.4. The van der Waals surface area contributed by atoms with Crippen molar-refractivity contribution >= 4 is 29.2 Å². The zero-order valence-electron chi connectivity index (χ0n) is 22.2. The van der Waals surface area contributed by atoms with Crippen LogP contribution in [0.25, 0.3) is 46.2 Å². The molecule has 1 aromatic carbocycles. The fraction of sp³-hybridized carbons (Fsp3) is 0.267. The standard InChI is InChI=1S/C30H34FN7/c1-19(21-7-10-32-11-8-21)5-6-26-20(2)29(37-36-26)28-18-25-27(35-28)9-12-34-30(25)22-15-23(31)17-24(16-22)33-13-14-38(3)4/h5-7,9,12,15-18,32-33,35-36H,2,8,10-11,13-14H2,1,3-4H3/b19-5+,26-6+. The highest BCUT2D eigenvalue weighted by atomic mass is 19.1. The first-order valence-corrected chi connectivity index (χ1v) is 12.9. The fourth-order valence-electron chi connectivity index (χ4n) is 4.70. The lowest BCUT2D eigenvalue weighted by molar-refractivity contribution is 0.425. The predicted octanol–water partition coefficient (Wildman–Crippen LogP) is 3.79. The van der Waals surface area contributed by atoms with Crippen LogP contribution in [-0.2, 0) is 0 Å². The number of aromatic nitrogens is 4. The molecule has 196 valence electrons. The molecule has 1 aliphatic heterocycles. The summed E-state index contributed by atoms with van der Waals surface area (Å²) in [4.78, 5) is 10.1. The molecule has 3 aromatic heterocycles. The summed E-state index contributed by atoms with van der Waals surface area (Å²) in [6, 6.07) is 8.90. The molecule has 4 aromatic rings. The highest BCUT2D eigenvalue weighted by Gasteiger charge is 2.14. The smallest absolute Gasteiger partial charge is 0.125 e. The van der Waals surface area contributed by atoms with Gasteiger partial charge in [0.25, 0.3) is 0 Å². The van der Waals surface area contributed by atoms with Crippen molar-refractivity contribution in [1.29, 1.82) is 0 Å². The lowest BCUT2D eigenvalue weighted by Crippen LogP contribution is -2.22. The zero-order valence-corrected chi connectivity index (χ0v) is 22.2. The van der Waals surface area contributed by atoms with Crippen LogP contribution in [-0.4, -0.2) is 65.3 Å². The van der Waals surface area contributed by atoms with Crippen molar-refractivity contribution in [2.24, 2.45) is 0 Å². The third-order valence-corrected chi connectivity index (χ3v) is 6.83. The molecule has 0 saturated carbocycles. The van der Waals surface area contributed by atoms with Gasteiger partial charge >= 0.3 is 0 Å². The van der Waals surface area contributed by atoms with Crippen molar-refractivity contribution in [3.05, 3.63) is 76.2 Å². The second-order valence-corrected chi connectivity index (χ2v) is 9.93. The summed E-state index contributed by atoms with van der Waals surface area (Å²) in [5.41, 5.74) is 7.25. The van der Waals surface area contributed by atoms with Gasteiger partial charge in [0.15, 0.2) is 0 Å². The lowest BCUT2D eigenvalue weighted by atomic mass is 10.0. The van der Waals surface area contributed by atoms with Crippen LogP contribution in [0.2, 0.25) is 0 Å². The van der Waals surface area contributed by atoms with E-state index < -0.39 is 0 Å². The van der Waals surface area contributed by atoms with Crippen molar-refractivity contribution in [3.8, 4) is 22.6 Å². The molecule has 0 saturated heterocycles. The van der Waals surface area contributed by atoms with Crippen LogP contribution in [0, 0.1) is 5.82 Å². The Morgan fingerprint density at radius 2 is 2.08 bits per heavy atom. The average molecular weight is 512 g/mol. The number of aromatic amines is 2. The number of nitrogens with zero attached hydrogens (tertiary/aromatic N) is 3. The largest absolute Gasteiger partial charge is 0.384 e. The van der Waals surface area contributed by atoms with Crippen LogP contribution in [0.5, 0.6) is 0 Å². The van der Waals surface area contributed by atoms with E-state index in [1.165, 1.54) is 23.3 Å². The number of H-pyrrole nitrogens is 2. The van der Waals surface area contributed by atoms with E-state index in [0.29, 0.717) is 11.3 Å². The van der Waals surface area contributed by atoms with E-state index in [0.717, 1.165) is 71.1 Å². The van der Waals surface area contributed by atoms with E-state index in [4.69, 9.17) is 0 Å². The Balaban J connectivity index is 1.47. The summed E-state index contributed by atoms with van der Waals surface area (Å²) in [5.74, 6) is -0.305. The quantitative estimate of drug-likeness (QED) is 0.289. The number of benzene rings is 1. The maximum Gasteiger partial charge on any atom is 0.125 e. The van der Waals surface area contributed by atoms with Gasteiger partial charge < -0.3 is 20.5 Å². The molecule has 0 atom stereocenters. The van der Waals surface area contributed by atoms with E-state index >= 15 is 0 Å². The van der Waals surface area contributed by atoms with Gasteiger partial charge in [-0.15, -0.1) is 0 Å². The maximum atomic E-state index is 14.6. The SMILES string of the molecule is C=c1c(-c2cc3c(-c4cc(F)cc(NCCN(C)C)c4)nccc3[nH]2)n[nH]/c1=C/C=C(\C)C1=CCNCC1. The third kappa shape index (κ3) is 5.61. The van der Waals surface area contributed by atoms with Crippen LogP contribution in [0.15, 0.2) is 59.8 Å². The number of anilines is 1. The topological polar surface area (TPSA) is 84.7 Å². The fourth-order valence-corrected chi connectivity index (χ4v) is 4.70. The van der Waals surface area contributed by atoms with Gasteiger partial charge in [0, 0.05) is 53.2 Å². The normalized spacial score (nSPS) is 14.9. The second kappa shape index (κ2) is 11.2. The molecule has 0 bridgehead atoms. The molecular formula is C30H34FN7. The summed E-state index contributed by atoms with van der Waals surface area (Å²) in [5, 5.41) is 16.9. The molecule has 0 radical (unpaired) electrons. The van der Waals surface area contributed by atoms with Gasteiger partial charge in [-0.05, 0) is 81.5 Å². The molecule has 0 aliphatic carbocycles. The van der Waals surface area contributed by atoms with E-state index in [1.807, 2.05) is 38.4 Å². The molecule has 38 heavy (non-hydrogen) atoms. The predicted molar refractivity (Wildman–Crippen MR) is 155 cm³/mol. The summed E-state index contributed by atoms with van der Waals surface area (Å²) in [6.07, 6.45) is 9.16. The first kappa shape index (κ1) is 25.6. The first-order valence-electron chi connectivity index (χ1n) is 12.9. The molecule has 8 heteroatoms. The van der Waals surface area contributed by atoms with E-state index in [1.54, 1.807) is 6.20 Å². The van der Waals surface area contributed by atoms with Crippen LogP contribution in [0.3, 0.4) is 0 Å². The molecule has 1 aliphatic rings. The summed E-state index contributed by atoms with van der Waals surface area (Å²) in [7, 11) is 4.02. The number of rotatable bonds is 8. The van der Waals surface area contributed by atoms with Gasteiger partial charge in [-0.3, -0.25) is 10.1 Å². The van der Waals surface area contributed by atoms with E-state index in [2.05, 4.69) is 61.4 Å². The van der Waals surface area contributed by atoms with Crippen molar-refractivity contribution in [2.75, 3.05) is 45.6 Å². The number of hydrogen-bond donors (Lipinski definition) is 4. The van der Waals surface area contributed by atoms with Gasteiger partial charge in [-0.1, -0.05) is 18.7 Å². The average Bonchev–Trinajstić information content (AvgIpc) is 3.50. The van der Waals surface area contributed by atoms with Gasteiger partial charge in [0.2, 0.25) is 0 Å². The van der Waals surface area contributed by atoms with Gasteiger partial charge in [-0.2, -0.15) is 5.10 Å². The molecule has 7 nitrogen and oxygen atoms in total. The lowest BCUT2D eigenvalue weighted by Gasteiger charge is -2.13. The number of nitrogens with one attached hydrogen (secondary N) is 4. The number of allylic oxidation sites excluding steroid dienone is 2. The highest BCUT2D eigenvalue weighted by molar-refractivity contribution is 5.96. The van der Waals surface area contributed by atoms with Crippen molar-refractivity contribution in [2.45, 2.75) is 13.3 Å². The Hall–Kier alpha value is -4.01. The molecule has 0 spiro atoms. The van der Waals surface area contributed by atoms with Crippen LogP contribution >= 0.6 is 0 Å². The Bertz CT molecular complexity index is 1620. The van der Waals surface area contributed by atoms with Gasteiger partial charge in [-0.25, -0.2) is 4.39 Å². The Kier molecular flexibility index (Phi) is 7.53. The summed E-state index contributed by atoms with van der Waals surface area (Å²) < 4.78 is 14.6. The number of fused-ring (bicyclic) bond motifs is 1. The number of hydrogen-bond acceptors (Lipinski definition) is 5. The van der Waals surface area contributed by atoms with Crippen molar-refractivity contribution in [3.63, 3.8) is 0 Å². The maximum absolute atomic E-state index is 14.6. The molecule has 0 amide bonds. The van der Waals surface area contributed by atoms with Gasteiger partial charge in [0.05, 0.1) is 16.7 Å². The van der Waals surface area contributed by atoms with Crippen LogP contribution in [0.4, 0.5) is 10.1 Å². The Morgan fingerprint density at radius 1 is 1.21 bits per heavy atom. The van der Waals surface area contributed by atoms with Crippen molar-refractivity contribution < 1.29 is 4.39 Å². The molecule has 0 fully saturated rings. The minimum Gasteiger partial charge on any atom is -0.384 e. The van der Waals surface area contributed by atoms with Crippen molar-refractivity contribution in [1.82, 2.24) is 30.4 Å². The molecule has 4 heterocycles. The van der Waals surface area contributed by atoms with Gasteiger partial charge in [0.1, 0.15) is 11.5 Å². The highest BCUT2D eigenvalue weighted by Crippen LogP contribution is 2.31. The third-order valence-electron chi connectivity index (χ3n) is 6.83. The van der Waals surface area contributed by atoms with E-state index in [9.17, 15) is 4.39 Å². The minimum absolute atomic E-state index is 0.305. The van der Waals surface area contributed by atoms with E-state index in [-0.39, 0.29) is 5.82 Å². The van der Waals surface area contributed by atoms with Crippen LogP contribution < -0.4 is 21.2 Å². The monoisotopic (exact) mass is 511 g/mol. The minimum atomic E-state index is -0.305. The number of pyridine rings is 1. The Morgan fingerprint density at radius 3 is 2.87 bits per heavy atom. The molecule has 0 unspecified atom stereocenters. The summed E-state index contributed by atoms with van der Waals surface area (Å²) >= 11 is 0. The van der Waals surface area contributed by atoms with Crippen LogP contribution in [0.1, 0.15) is 13.3 Å². The zero-order chi connectivity index (χ0) is 26.6. The number of likely N-dealkylation sites (N-methyl/N-ethyl adjacent to an activating group) is 1. The molecular weight excluding hydrogens is 477 g/mol. The molecule has 5 rings (SSSR count). The second-order valence-electron chi connectivity index (χ2n) is 9.93. The Labute approximate surface area is 221 Å². The number of halogens is 1.